The lowest BCUT2D eigenvalue weighted by atomic mass is 10.2. The van der Waals surface area contributed by atoms with Crippen molar-refractivity contribution in [2.75, 3.05) is 12.3 Å². The van der Waals surface area contributed by atoms with E-state index in [4.69, 9.17) is 14.9 Å². The van der Waals surface area contributed by atoms with Gasteiger partial charge in [-0.25, -0.2) is 18.4 Å². The zero-order valence-electron chi connectivity index (χ0n) is 11.8. The van der Waals surface area contributed by atoms with E-state index >= 15 is 0 Å². The van der Waals surface area contributed by atoms with Crippen molar-refractivity contribution < 1.29 is 13.5 Å². The van der Waals surface area contributed by atoms with E-state index in [1.54, 1.807) is 18.2 Å². The fourth-order valence-corrected chi connectivity index (χ4v) is 2.64. The molecule has 2 aromatic heterocycles. The minimum Gasteiger partial charge on any atom is -0.330 e. The smallest absolute Gasteiger partial charge is 0.330 e. The maximum Gasteiger partial charge on any atom is 0.446 e. The number of benzene rings is 1. The van der Waals surface area contributed by atoms with Crippen LogP contribution in [0.25, 0.3) is 17.2 Å². The van der Waals surface area contributed by atoms with Crippen LogP contribution in [-0.2, 0) is 6.67 Å². The van der Waals surface area contributed by atoms with Crippen molar-refractivity contribution in [1.29, 1.82) is 0 Å². The van der Waals surface area contributed by atoms with Crippen LogP contribution in [0.15, 0.2) is 43.2 Å². The minimum atomic E-state index is -0.714. The Bertz CT molecular complexity index is 859. The Hall–Kier alpha value is -2.46. The normalized spacial score (nSPS) is 11.0. The van der Waals surface area contributed by atoms with Gasteiger partial charge in [-0.15, -0.1) is 0 Å². The van der Waals surface area contributed by atoms with Gasteiger partial charge in [0.05, 0.1) is 5.69 Å². The molecule has 1 aromatic carbocycles. The van der Waals surface area contributed by atoms with Gasteiger partial charge in [0.2, 0.25) is 5.82 Å². The molecule has 8 nitrogen and oxygen atoms in total. The van der Waals surface area contributed by atoms with Crippen LogP contribution in [-0.4, -0.2) is 32.3 Å². The Morgan fingerprint density at radius 3 is 2.96 bits per heavy atom. The molecule has 0 saturated heterocycles. The number of aromatic nitrogens is 4. The second kappa shape index (κ2) is 6.75. The first kappa shape index (κ1) is 15.4. The fraction of sp³-hybridized carbons (Fsp3) is 0.231. The predicted molar refractivity (Wildman–Crippen MR) is 80.0 cm³/mol. The van der Waals surface area contributed by atoms with E-state index < -0.39 is 12.4 Å². The maximum absolute atomic E-state index is 12.8. The zero-order chi connectivity index (χ0) is 16.2. The van der Waals surface area contributed by atoms with E-state index in [-0.39, 0.29) is 11.5 Å². The van der Waals surface area contributed by atoms with Gasteiger partial charge >= 0.3 is 5.76 Å². The first-order chi connectivity index (χ1) is 11.2. The number of halogens is 1. The van der Waals surface area contributed by atoms with Crippen LogP contribution >= 0.6 is 11.8 Å². The summed E-state index contributed by atoms with van der Waals surface area (Å²) in [5.41, 5.74) is 6.57. The number of nitrogens with two attached hydrogens (primary N) is 1. The van der Waals surface area contributed by atoms with Crippen LogP contribution in [0, 0.1) is 0 Å². The molecule has 10 heteroatoms. The van der Waals surface area contributed by atoms with Crippen molar-refractivity contribution in [3.63, 3.8) is 0 Å². The molecule has 0 spiro atoms. The predicted octanol–water partition coefficient (Wildman–Crippen LogP) is 1.40. The molecule has 23 heavy (non-hydrogen) atoms. The highest BCUT2D eigenvalue weighted by Gasteiger charge is 2.22. The average Bonchev–Trinajstić information content (AvgIpc) is 3.18. The van der Waals surface area contributed by atoms with Gasteiger partial charge in [-0.2, -0.15) is 0 Å². The van der Waals surface area contributed by atoms with Crippen molar-refractivity contribution in [3.05, 3.63) is 40.4 Å². The molecule has 0 aliphatic carbocycles. The lowest BCUT2D eigenvalue weighted by Crippen LogP contribution is -2.13. The molecule has 0 aliphatic heterocycles. The summed E-state index contributed by atoms with van der Waals surface area (Å²) < 4.78 is 23.5. The molecule has 120 valence electrons. The third-order valence-corrected chi connectivity index (χ3v) is 3.94. The molecule has 0 bridgehead atoms. The van der Waals surface area contributed by atoms with Crippen molar-refractivity contribution in [1.82, 2.24) is 20.0 Å². The summed E-state index contributed by atoms with van der Waals surface area (Å²) in [6.07, 6.45) is 0. The molecule has 0 atom stereocenters. The van der Waals surface area contributed by atoms with E-state index in [9.17, 15) is 9.18 Å². The van der Waals surface area contributed by atoms with Crippen molar-refractivity contribution >= 4 is 11.8 Å². The monoisotopic (exact) mass is 337 g/mol. The van der Waals surface area contributed by atoms with Gasteiger partial charge in [0.15, 0.2) is 10.7 Å². The topological polar surface area (TPSA) is 113 Å². The van der Waals surface area contributed by atoms with Crippen LogP contribution in [0.5, 0.6) is 0 Å². The molecular weight excluding hydrogens is 325 g/mol. The SMILES string of the molecule is NCCSc1nonc1-c1noc(=O)n1-c1cccc(CF)c1. The summed E-state index contributed by atoms with van der Waals surface area (Å²) in [4.78, 5) is 12.0. The summed E-state index contributed by atoms with van der Waals surface area (Å²) in [6.45, 7) is -0.201. The quantitative estimate of drug-likeness (QED) is 0.672. The highest BCUT2D eigenvalue weighted by atomic mass is 32.2. The molecule has 0 unspecified atom stereocenters. The summed E-state index contributed by atoms with van der Waals surface area (Å²) in [5, 5.41) is 11.7. The lowest BCUT2D eigenvalue weighted by Gasteiger charge is -2.04. The summed E-state index contributed by atoms with van der Waals surface area (Å²) in [7, 11) is 0. The molecular formula is C13H12FN5O3S. The molecule has 0 saturated carbocycles. The first-order valence-electron chi connectivity index (χ1n) is 6.64. The largest absolute Gasteiger partial charge is 0.446 e. The number of thioether (sulfide) groups is 1. The first-order valence-corrected chi connectivity index (χ1v) is 7.63. The van der Waals surface area contributed by atoms with Gasteiger partial charge in [-0.1, -0.05) is 29.1 Å². The Labute approximate surface area is 133 Å². The third-order valence-electron chi connectivity index (χ3n) is 2.95. The van der Waals surface area contributed by atoms with Crippen molar-refractivity contribution in [3.8, 4) is 17.2 Å². The van der Waals surface area contributed by atoms with Gasteiger partial charge in [0, 0.05) is 12.3 Å². The van der Waals surface area contributed by atoms with E-state index in [0.29, 0.717) is 28.6 Å². The van der Waals surface area contributed by atoms with Gasteiger partial charge in [0.25, 0.3) is 0 Å². The lowest BCUT2D eigenvalue weighted by molar-refractivity contribution is 0.299. The molecule has 3 aromatic rings. The Balaban J connectivity index is 2.09. The zero-order valence-corrected chi connectivity index (χ0v) is 12.6. The fourth-order valence-electron chi connectivity index (χ4n) is 1.97. The summed E-state index contributed by atoms with van der Waals surface area (Å²) in [6, 6.07) is 6.42. The van der Waals surface area contributed by atoms with Crippen LogP contribution < -0.4 is 11.5 Å². The van der Waals surface area contributed by atoms with Gasteiger partial charge in [-0.3, -0.25) is 4.52 Å². The number of nitrogens with zero attached hydrogens (tertiary/aromatic N) is 4. The Morgan fingerprint density at radius 1 is 1.30 bits per heavy atom. The highest BCUT2D eigenvalue weighted by Crippen LogP contribution is 2.27. The molecule has 2 N–H and O–H groups in total. The van der Waals surface area contributed by atoms with Gasteiger partial charge in [0.1, 0.15) is 6.67 Å². The van der Waals surface area contributed by atoms with Crippen LogP contribution in [0.4, 0.5) is 4.39 Å². The third kappa shape index (κ3) is 3.03. The molecule has 3 rings (SSSR count). The molecule has 0 fully saturated rings. The number of hydrogen-bond donors (Lipinski definition) is 1. The molecule has 0 aliphatic rings. The van der Waals surface area contributed by atoms with E-state index in [2.05, 4.69) is 15.5 Å². The van der Waals surface area contributed by atoms with E-state index in [1.165, 1.54) is 22.4 Å². The number of rotatable bonds is 6. The van der Waals surface area contributed by atoms with Crippen LogP contribution in [0.3, 0.4) is 0 Å². The molecule has 0 radical (unpaired) electrons. The van der Waals surface area contributed by atoms with Gasteiger partial charge < -0.3 is 5.73 Å². The van der Waals surface area contributed by atoms with Crippen LogP contribution in [0.2, 0.25) is 0 Å². The standard InChI is InChI=1S/C13H12FN5O3S/c14-7-8-2-1-3-9(6-8)19-11(17-21-13(19)20)10-12(18-22-16-10)23-5-4-15/h1-3,6H,4-5,7,15H2. The summed E-state index contributed by atoms with van der Waals surface area (Å²) >= 11 is 1.32. The average molecular weight is 337 g/mol. The second-order valence-corrected chi connectivity index (χ2v) is 5.55. The molecule has 0 amide bonds. The van der Waals surface area contributed by atoms with E-state index in [1.807, 2.05) is 0 Å². The molecule has 2 heterocycles. The maximum atomic E-state index is 12.8. The Kier molecular flexibility index (Phi) is 4.53. The Morgan fingerprint density at radius 2 is 2.17 bits per heavy atom. The van der Waals surface area contributed by atoms with Crippen LogP contribution in [0.1, 0.15) is 5.56 Å². The minimum absolute atomic E-state index is 0.131. The number of alkyl halides is 1. The van der Waals surface area contributed by atoms with E-state index in [0.717, 1.165) is 0 Å². The van der Waals surface area contributed by atoms with Crippen molar-refractivity contribution in [2.45, 2.75) is 11.7 Å². The van der Waals surface area contributed by atoms with Gasteiger partial charge in [-0.05, 0) is 28.0 Å². The second-order valence-electron chi connectivity index (χ2n) is 4.47. The summed E-state index contributed by atoms with van der Waals surface area (Å²) in [5.74, 6) is 0.0150. The number of hydrogen-bond acceptors (Lipinski definition) is 8. The highest BCUT2D eigenvalue weighted by molar-refractivity contribution is 7.99. The van der Waals surface area contributed by atoms with Crippen molar-refractivity contribution in [2.24, 2.45) is 5.73 Å².